The topological polar surface area (TPSA) is 109 Å². The molecule has 0 radical (unpaired) electrons. The van der Waals surface area contributed by atoms with Crippen LogP contribution in [0.3, 0.4) is 0 Å². The van der Waals surface area contributed by atoms with Gasteiger partial charge in [-0.15, -0.1) is 11.3 Å². The lowest BCUT2D eigenvalue weighted by Crippen LogP contribution is -2.35. The number of carboxylic acid groups (broad SMARTS) is 1. The van der Waals surface area contributed by atoms with Gasteiger partial charge in [0.15, 0.2) is 0 Å². The Hall–Kier alpha value is -2.15. The number of carboxylic acids is 1. The van der Waals surface area contributed by atoms with Gasteiger partial charge in [-0.3, -0.25) is 14.4 Å². The summed E-state index contributed by atoms with van der Waals surface area (Å²) in [6.07, 6.45) is 8.09. The van der Waals surface area contributed by atoms with Crippen molar-refractivity contribution in [3.8, 4) is 0 Å². The van der Waals surface area contributed by atoms with Crippen LogP contribution in [0.4, 0.5) is 5.00 Å². The molecule has 7 heteroatoms. The zero-order valence-corrected chi connectivity index (χ0v) is 18.1. The number of primary amides is 1. The van der Waals surface area contributed by atoms with E-state index in [4.69, 9.17) is 5.73 Å². The van der Waals surface area contributed by atoms with Gasteiger partial charge in [0.25, 0.3) is 5.91 Å². The van der Waals surface area contributed by atoms with Crippen LogP contribution < -0.4 is 11.1 Å². The molecule has 1 aromatic heterocycles. The average molecular weight is 419 g/mol. The Bertz CT molecular complexity index is 855. The third kappa shape index (κ3) is 4.25. The van der Waals surface area contributed by atoms with Crippen LogP contribution in [-0.4, -0.2) is 22.9 Å². The van der Waals surface area contributed by atoms with Gasteiger partial charge < -0.3 is 16.2 Å². The molecule has 0 aliphatic heterocycles. The van der Waals surface area contributed by atoms with Crippen molar-refractivity contribution in [1.82, 2.24) is 0 Å². The molecule has 2 aliphatic carbocycles. The van der Waals surface area contributed by atoms with Crippen molar-refractivity contribution in [2.24, 2.45) is 28.9 Å². The number of carbonyl (C=O) groups is 3. The van der Waals surface area contributed by atoms with Crippen molar-refractivity contribution in [2.45, 2.75) is 59.3 Å². The molecule has 2 aliphatic rings. The normalized spacial score (nSPS) is 24.0. The van der Waals surface area contributed by atoms with Crippen molar-refractivity contribution in [1.29, 1.82) is 0 Å². The fourth-order valence-corrected chi connectivity index (χ4v) is 5.81. The number of nitrogens with one attached hydrogen (secondary N) is 1. The maximum atomic E-state index is 12.9. The summed E-state index contributed by atoms with van der Waals surface area (Å²) in [7, 11) is 0. The summed E-state index contributed by atoms with van der Waals surface area (Å²) in [6.45, 7) is 6.75. The number of hydrogen-bond acceptors (Lipinski definition) is 4. The van der Waals surface area contributed by atoms with Crippen LogP contribution in [0.5, 0.6) is 0 Å². The molecular formula is C22H30N2O4S. The molecule has 158 valence electrons. The van der Waals surface area contributed by atoms with Crippen LogP contribution in [0.2, 0.25) is 0 Å². The highest BCUT2D eigenvalue weighted by atomic mass is 32.1. The van der Waals surface area contributed by atoms with Gasteiger partial charge in [-0.2, -0.15) is 0 Å². The predicted molar refractivity (Wildman–Crippen MR) is 114 cm³/mol. The van der Waals surface area contributed by atoms with Crippen molar-refractivity contribution < 1.29 is 19.5 Å². The number of nitrogens with two attached hydrogens (primary N) is 1. The summed E-state index contributed by atoms with van der Waals surface area (Å²) >= 11 is 1.42. The summed E-state index contributed by atoms with van der Waals surface area (Å²) in [5, 5.41) is 12.8. The van der Waals surface area contributed by atoms with Gasteiger partial charge in [0, 0.05) is 4.88 Å². The lowest BCUT2D eigenvalue weighted by molar-refractivity contribution is -0.146. The molecule has 4 N–H and O–H groups in total. The van der Waals surface area contributed by atoms with Gasteiger partial charge in [0.1, 0.15) is 5.00 Å². The molecule has 6 nitrogen and oxygen atoms in total. The molecule has 1 aromatic rings. The Labute approximate surface area is 175 Å². The maximum Gasteiger partial charge on any atom is 0.307 e. The van der Waals surface area contributed by atoms with E-state index >= 15 is 0 Å². The first kappa shape index (κ1) is 21.6. The standard InChI is InChI=1S/C22H30N2O4S/c1-4-22(2,3)12-9-10-15-16(11-12)29-20(17(15)18(23)25)24-19(26)13-7-5-6-8-14(13)21(27)28/h5-6,12-14H,4,7-11H2,1-3H3,(H2,23,25)(H,24,26)(H,27,28)/t12-,13+,14-/m0/s1. The van der Waals surface area contributed by atoms with E-state index in [1.807, 2.05) is 6.08 Å². The molecule has 0 aromatic carbocycles. The quantitative estimate of drug-likeness (QED) is 0.607. The zero-order chi connectivity index (χ0) is 21.3. The Kier molecular flexibility index (Phi) is 6.17. The molecule has 1 heterocycles. The average Bonchev–Trinajstić information content (AvgIpc) is 3.04. The van der Waals surface area contributed by atoms with Crippen LogP contribution in [0.15, 0.2) is 12.2 Å². The first-order valence-corrected chi connectivity index (χ1v) is 11.1. The van der Waals surface area contributed by atoms with Crippen molar-refractivity contribution in [3.63, 3.8) is 0 Å². The van der Waals surface area contributed by atoms with Crippen LogP contribution in [-0.2, 0) is 22.4 Å². The first-order valence-electron chi connectivity index (χ1n) is 10.3. The Balaban J connectivity index is 1.87. The van der Waals surface area contributed by atoms with Gasteiger partial charge >= 0.3 is 5.97 Å². The molecule has 29 heavy (non-hydrogen) atoms. The maximum absolute atomic E-state index is 12.9. The lowest BCUT2D eigenvalue weighted by Gasteiger charge is -2.36. The molecule has 0 saturated carbocycles. The second-order valence-corrected chi connectivity index (χ2v) is 9.94. The Morgan fingerprint density at radius 2 is 1.90 bits per heavy atom. The fraction of sp³-hybridized carbons (Fsp3) is 0.591. The van der Waals surface area contributed by atoms with Crippen molar-refractivity contribution >= 4 is 34.1 Å². The highest BCUT2D eigenvalue weighted by Gasteiger charge is 2.37. The number of amides is 2. The smallest absolute Gasteiger partial charge is 0.307 e. The van der Waals surface area contributed by atoms with Gasteiger partial charge in [-0.05, 0) is 49.0 Å². The molecule has 0 bridgehead atoms. The van der Waals surface area contributed by atoms with Crippen LogP contribution >= 0.6 is 11.3 Å². The summed E-state index contributed by atoms with van der Waals surface area (Å²) in [5.41, 5.74) is 7.24. The number of hydrogen-bond donors (Lipinski definition) is 3. The number of aliphatic carboxylic acids is 1. The molecule has 0 fully saturated rings. The third-order valence-corrected chi connectivity index (χ3v) is 8.02. The third-order valence-electron chi connectivity index (χ3n) is 6.85. The molecule has 3 atom stereocenters. The monoisotopic (exact) mass is 418 g/mol. The van der Waals surface area contributed by atoms with E-state index in [0.29, 0.717) is 29.3 Å². The summed E-state index contributed by atoms with van der Waals surface area (Å²) in [6, 6.07) is 0. The second kappa shape index (κ2) is 8.30. The highest BCUT2D eigenvalue weighted by Crippen LogP contribution is 2.45. The first-order chi connectivity index (χ1) is 13.7. The van der Waals surface area contributed by atoms with Crippen molar-refractivity contribution in [3.05, 3.63) is 28.2 Å². The minimum absolute atomic E-state index is 0.209. The minimum atomic E-state index is -0.972. The molecule has 0 saturated heterocycles. The number of anilines is 1. The predicted octanol–water partition coefficient (Wildman–Crippen LogP) is 3.99. The number of allylic oxidation sites excluding steroid dienone is 2. The van der Waals surface area contributed by atoms with Crippen LogP contribution in [0.1, 0.15) is 67.3 Å². The number of rotatable bonds is 6. The van der Waals surface area contributed by atoms with Crippen LogP contribution in [0.25, 0.3) is 0 Å². The fourth-order valence-electron chi connectivity index (χ4n) is 4.47. The van der Waals surface area contributed by atoms with E-state index in [1.54, 1.807) is 6.08 Å². The molecule has 3 rings (SSSR count). The lowest BCUT2D eigenvalue weighted by atomic mass is 9.69. The number of thiophene rings is 1. The highest BCUT2D eigenvalue weighted by molar-refractivity contribution is 7.17. The van der Waals surface area contributed by atoms with E-state index in [1.165, 1.54) is 11.3 Å². The Morgan fingerprint density at radius 1 is 1.24 bits per heavy atom. The molecule has 0 unspecified atom stereocenters. The molecule has 2 amide bonds. The molecular weight excluding hydrogens is 388 g/mol. The van der Waals surface area contributed by atoms with Gasteiger partial charge in [-0.1, -0.05) is 39.3 Å². The van der Waals surface area contributed by atoms with Crippen molar-refractivity contribution in [2.75, 3.05) is 5.32 Å². The summed E-state index contributed by atoms with van der Waals surface area (Å²) < 4.78 is 0. The van der Waals surface area contributed by atoms with E-state index in [0.717, 1.165) is 36.1 Å². The minimum Gasteiger partial charge on any atom is -0.481 e. The number of carbonyl (C=O) groups excluding carboxylic acids is 2. The van der Waals surface area contributed by atoms with E-state index in [-0.39, 0.29) is 11.3 Å². The van der Waals surface area contributed by atoms with E-state index in [2.05, 4.69) is 26.1 Å². The van der Waals surface area contributed by atoms with Crippen LogP contribution in [0, 0.1) is 23.2 Å². The van der Waals surface area contributed by atoms with Gasteiger partial charge in [-0.25, -0.2) is 0 Å². The zero-order valence-electron chi connectivity index (χ0n) is 17.3. The Morgan fingerprint density at radius 3 is 2.48 bits per heavy atom. The number of fused-ring (bicyclic) bond motifs is 1. The molecule has 0 spiro atoms. The SMILES string of the molecule is CCC(C)(C)[C@H]1CCc2c(sc(NC(=O)[C@@H]3CC=CC[C@@H]3C(=O)O)c2C(N)=O)C1. The van der Waals surface area contributed by atoms with Gasteiger partial charge in [0.05, 0.1) is 17.4 Å². The van der Waals surface area contributed by atoms with E-state index in [9.17, 15) is 19.5 Å². The summed E-state index contributed by atoms with van der Waals surface area (Å²) in [5.74, 6) is -2.74. The van der Waals surface area contributed by atoms with Gasteiger partial charge in [0.2, 0.25) is 5.91 Å². The van der Waals surface area contributed by atoms with E-state index < -0.39 is 23.7 Å². The summed E-state index contributed by atoms with van der Waals surface area (Å²) in [4.78, 5) is 37.7. The largest absolute Gasteiger partial charge is 0.481 e. The second-order valence-electron chi connectivity index (χ2n) is 8.84.